The highest BCUT2D eigenvalue weighted by atomic mass is 19.4. The zero-order valence-corrected chi connectivity index (χ0v) is 10.3. The molecule has 1 saturated heterocycles. The standard InChI is InChI=1S/C12H11F3N4O/c13-12(14,15)9-6-19(5-8(9)11(17)20)10-3-1-2-7(4-16)18-10/h1-3,8-9H,5-6H2,(H2,17,20)/t8-,9-/m1/s1. The minimum Gasteiger partial charge on any atom is -0.369 e. The largest absolute Gasteiger partial charge is 0.394 e. The molecule has 2 heterocycles. The summed E-state index contributed by atoms with van der Waals surface area (Å²) in [6, 6.07) is 6.29. The van der Waals surface area contributed by atoms with Gasteiger partial charge in [-0.25, -0.2) is 4.98 Å². The fourth-order valence-corrected chi connectivity index (χ4v) is 2.27. The molecular weight excluding hydrogens is 273 g/mol. The summed E-state index contributed by atoms with van der Waals surface area (Å²) in [6.07, 6.45) is -4.50. The molecule has 0 unspecified atom stereocenters. The van der Waals surface area contributed by atoms with Gasteiger partial charge in [-0.05, 0) is 12.1 Å². The van der Waals surface area contributed by atoms with Crippen molar-refractivity contribution >= 4 is 11.7 Å². The van der Waals surface area contributed by atoms with Crippen LogP contribution in [0.2, 0.25) is 0 Å². The minimum atomic E-state index is -4.50. The summed E-state index contributed by atoms with van der Waals surface area (Å²) in [7, 11) is 0. The number of halogens is 3. The third kappa shape index (κ3) is 2.66. The Labute approximate surface area is 112 Å². The molecular formula is C12H11F3N4O. The van der Waals surface area contributed by atoms with E-state index in [-0.39, 0.29) is 24.6 Å². The maximum Gasteiger partial charge on any atom is 0.394 e. The van der Waals surface area contributed by atoms with Crippen molar-refractivity contribution in [3.8, 4) is 6.07 Å². The van der Waals surface area contributed by atoms with Gasteiger partial charge in [-0.1, -0.05) is 6.07 Å². The van der Waals surface area contributed by atoms with E-state index in [0.717, 1.165) is 0 Å². The quantitative estimate of drug-likeness (QED) is 0.880. The predicted molar refractivity (Wildman–Crippen MR) is 63.4 cm³/mol. The van der Waals surface area contributed by atoms with Gasteiger partial charge in [0.25, 0.3) is 0 Å². The lowest BCUT2D eigenvalue weighted by atomic mass is 9.95. The first-order chi connectivity index (χ1) is 9.32. The first kappa shape index (κ1) is 14.1. The van der Waals surface area contributed by atoms with E-state index in [1.54, 1.807) is 0 Å². The van der Waals surface area contributed by atoms with Crippen LogP contribution in [-0.2, 0) is 4.79 Å². The Balaban J connectivity index is 2.28. The summed E-state index contributed by atoms with van der Waals surface area (Å²) >= 11 is 0. The number of pyridine rings is 1. The van der Waals surface area contributed by atoms with Crippen LogP contribution in [0.1, 0.15) is 5.69 Å². The topological polar surface area (TPSA) is 83.0 Å². The van der Waals surface area contributed by atoms with Crippen LogP contribution in [0.25, 0.3) is 0 Å². The van der Waals surface area contributed by atoms with E-state index in [0.29, 0.717) is 0 Å². The second-order valence-corrected chi connectivity index (χ2v) is 4.55. The van der Waals surface area contributed by atoms with Crippen LogP contribution in [-0.4, -0.2) is 30.2 Å². The highest BCUT2D eigenvalue weighted by Gasteiger charge is 2.52. The first-order valence-electron chi connectivity index (χ1n) is 5.81. The van der Waals surface area contributed by atoms with E-state index >= 15 is 0 Å². The second-order valence-electron chi connectivity index (χ2n) is 4.55. The van der Waals surface area contributed by atoms with Gasteiger partial charge in [0.15, 0.2) is 0 Å². The van der Waals surface area contributed by atoms with Gasteiger partial charge >= 0.3 is 6.18 Å². The number of alkyl halides is 3. The number of carbonyl (C=O) groups excluding carboxylic acids is 1. The molecule has 1 fully saturated rings. The molecule has 1 aromatic rings. The van der Waals surface area contributed by atoms with Crippen LogP contribution in [0.5, 0.6) is 0 Å². The van der Waals surface area contributed by atoms with E-state index in [4.69, 9.17) is 11.0 Å². The van der Waals surface area contributed by atoms with E-state index in [1.807, 2.05) is 6.07 Å². The molecule has 1 aliphatic heterocycles. The Bertz CT molecular complexity index is 567. The van der Waals surface area contributed by atoms with Crippen LogP contribution in [0.4, 0.5) is 19.0 Å². The number of rotatable bonds is 2. The molecule has 0 aliphatic carbocycles. The molecule has 1 aromatic heterocycles. The van der Waals surface area contributed by atoms with Gasteiger partial charge in [-0.15, -0.1) is 0 Å². The van der Waals surface area contributed by atoms with Crippen molar-refractivity contribution in [2.24, 2.45) is 17.6 Å². The number of carbonyl (C=O) groups is 1. The van der Waals surface area contributed by atoms with Gasteiger partial charge in [0, 0.05) is 13.1 Å². The van der Waals surface area contributed by atoms with E-state index in [2.05, 4.69) is 4.98 Å². The number of primary amides is 1. The van der Waals surface area contributed by atoms with Gasteiger partial charge < -0.3 is 10.6 Å². The van der Waals surface area contributed by atoms with Gasteiger partial charge in [-0.3, -0.25) is 4.79 Å². The molecule has 106 valence electrons. The monoisotopic (exact) mass is 284 g/mol. The number of nitrogens with two attached hydrogens (primary N) is 1. The minimum absolute atomic E-state index is 0.105. The molecule has 2 rings (SSSR count). The lowest BCUT2D eigenvalue weighted by molar-refractivity contribution is -0.181. The second kappa shape index (κ2) is 5.00. The fraction of sp³-hybridized carbons (Fsp3) is 0.417. The van der Waals surface area contributed by atoms with Crippen LogP contribution < -0.4 is 10.6 Å². The van der Waals surface area contributed by atoms with E-state index in [9.17, 15) is 18.0 Å². The lowest BCUT2D eigenvalue weighted by Gasteiger charge is -2.19. The average Bonchev–Trinajstić information content (AvgIpc) is 2.84. The number of anilines is 1. The molecule has 20 heavy (non-hydrogen) atoms. The smallest absolute Gasteiger partial charge is 0.369 e. The Morgan fingerprint density at radius 3 is 2.65 bits per heavy atom. The predicted octanol–water partition coefficient (Wildman–Crippen LogP) is 1.05. The molecule has 0 radical (unpaired) electrons. The normalized spacial score (nSPS) is 22.6. The van der Waals surface area contributed by atoms with Crippen LogP contribution in [0, 0.1) is 23.2 Å². The van der Waals surface area contributed by atoms with Crippen molar-refractivity contribution < 1.29 is 18.0 Å². The highest BCUT2D eigenvalue weighted by molar-refractivity contribution is 5.78. The molecule has 0 saturated carbocycles. The number of nitrogens with zero attached hydrogens (tertiary/aromatic N) is 3. The molecule has 0 aromatic carbocycles. The number of nitriles is 1. The lowest BCUT2D eigenvalue weighted by Crippen LogP contribution is -2.37. The van der Waals surface area contributed by atoms with Crippen molar-refractivity contribution in [3.05, 3.63) is 23.9 Å². The molecule has 2 atom stereocenters. The number of aromatic nitrogens is 1. The zero-order chi connectivity index (χ0) is 14.9. The van der Waals surface area contributed by atoms with Gasteiger partial charge in [0.05, 0.1) is 11.8 Å². The summed E-state index contributed by atoms with van der Waals surface area (Å²) < 4.78 is 38.7. The van der Waals surface area contributed by atoms with Crippen molar-refractivity contribution in [2.75, 3.05) is 18.0 Å². The van der Waals surface area contributed by atoms with Crippen LogP contribution >= 0.6 is 0 Å². The Morgan fingerprint density at radius 2 is 2.15 bits per heavy atom. The summed E-state index contributed by atoms with van der Waals surface area (Å²) in [5.41, 5.74) is 5.15. The summed E-state index contributed by atoms with van der Waals surface area (Å²) in [5, 5.41) is 8.74. The molecule has 0 bridgehead atoms. The maximum atomic E-state index is 12.9. The Morgan fingerprint density at radius 1 is 1.45 bits per heavy atom. The van der Waals surface area contributed by atoms with Crippen molar-refractivity contribution in [2.45, 2.75) is 6.18 Å². The molecule has 5 nitrogen and oxygen atoms in total. The molecule has 8 heteroatoms. The maximum absolute atomic E-state index is 12.9. The SMILES string of the molecule is N#Cc1cccc(N2C[C@@H](C(F)(F)F)[C@H](C(N)=O)C2)n1. The Hall–Kier alpha value is -2.30. The zero-order valence-electron chi connectivity index (χ0n) is 10.3. The molecule has 1 amide bonds. The van der Waals surface area contributed by atoms with Gasteiger partial charge in [0.1, 0.15) is 17.6 Å². The van der Waals surface area contributed by atoms with Crippen LogP contribution in [0.15, 0.2) is 18.2 Å². The molecule has 0 spiro atoms. The summed E-state index contributed by atoms with van der Waals surface area (Å²) in [5.74, 6) is -3.86. The van der Waals surface area contributed by atoms with Crippen molar-refractivity contribution in [3.63, 3.8) is 0 Å². The summed E-state index contributed by atoms with van der Waals surface area (Å²) in [4.78, 5) is 16.4. The molecule has 1 aliphatic rings. The molecule has 2 N–H and O–H groups in total. The highest BCUT2D eigenvalue weighted by Crippen LogP contribution is 2.38. The Kier molecular flexibility index (Phi) is 3.53. The number of hydrogen-bond donors (Lipinski definition) is 1. The summed E-state index contributed by atoms with van der Waals surface area (Å²) in [6.45, 7) is -0.541. The van der Waals surface area contributed by atoms with E-state index < -0.39 is 23.9 Å². The van der Waals surface area contributed by atoms with Crippen molar-refractivity contribution in [1.82, 2.24) is 4.98 Å². The number of hydrogen-bond acceptors (Lipinski definition) is 4. The van der Waals surface area contributed by atoms with Crippen LogP contribution in [0.3, 0.4) is 0 Å². The third-order valence-corrected chi connectivity index (χ3v) is 3.28. The fourth-order valence-electron chi connectivity index (χ4n) is 2.27. The first-order valence-corrected chi connectivity index (χ1v) is 5.81. The third-order valence-electron chi connectivity index (χ3n) is 3.28. The van der Waals surface area contributed by atoms with E-state index in [1.165, 1.54) is 23.1 Å². The average molecular weight is 284 g/mol. The number of amides is 1. The van der Waals surface area contributed by atoms with Gasteiger partial charge in [-0.2, -0.15) is 18.4 Å². The van der Waals surface area contributed by atoms with Crippen molar-refractivity contribution in [1.29, 1.82) is 5.26 Å². The van der Waals surface area contributed by atoms with Gasteiger partial charge in [0.2, 0.25) is 5.91 Å².